The van der Waals surface area contributed by atoms with Gasteiger partial charge in [-0.05, 0) is 71.1 Å². The SMILES string of the molecule is COc1c(/C=C/C(=O)c2ccc(O)cc2)ccc(O)c1I. The van der Waals surface area contributed by atoms with E-state index in [2.05, 4.69) is 0 Å². The Morgan fingerprint density at radius 1 is 1.14 bits per heavy atom. The largest absolute Gasteiger partial charge is 0.508 e. The Morgan fingerprint density at radius 2 is 1.81 bits per heavy atom. The van der Waals surface area contributed by atoms with Crippen LogP contribution in [0, 0.1) is 3.57 Å². The highest BCUT2D eigenvalue weighted by molar-refractivity contribution is 14.1. The Hall–Kier alpha value is -2.02. The van der Waals surface area contributed by atoms with E-state index in [-0.39, 0.29) is 17.3 Å². The molecule has 5 heteroatoms. The average molecular weight is 396 g/mol. The van der Waals surface area contributed by atoms with Crippen molar-refractivity contribution in [2.45, 2.75) is 0 Å². The van der Waals surface area contributed by atoms with Crippen LogP contribution in [-0.2, 0) is 0 Å². The summed E-state index contributed by atoms with van der Waals surface area (Å²) in [5.41, 5.74) is 1.18. The minimum atomic E-state index is -0.180. The molecule has 0 atom stereocenters. The summed E-state index contributed by atoms with van der Waals surface area (Å²) in [6.07, 6.45) is 3.06. The van der Waals surface area contributed by atoms with Crippen molar-refractivity contribution < 1.29 is 19.7 Å². The lowest BCUT2D eigenvalue weighted by atomic mass is 10.1. The van der Waals surface area contributed by atoms with Gasteiger partial charge < -0.3 is 14.9 Å². The summed E-state index contributed by atoms with van der Waals surface area (Å²) in [6.45, 7) is 0. The standard InChI is InChI=1S/C16H13IO4/c1-21-16-11(5-9-14(20)15(16)17)4-8-13(19)10-2-6-12(18)7-3-10/h2-9,18,20H,1H3/b8-4+. The maximum Gasteiger partial charge on any atom is 0.185 e. The molecule has 0 aliphatic heterocycles. The molecule has 0 fully saturated rings. The first-order chi connectivity index (χ1) is 10.0. The van der Waals surface area contributed by atoms with Crippen LogP contribution in [0.4, 0.5) is 0 Å². The number of aromatic hydroxyl groups is 2. The lowest BCUT2D eigenvalue weighted by molar-refractivity contribution is 0.104. The third kappa shape index (κ3) is 3.55. The van der Waals surface area contributed by atoms with Crippen LogP contribution in [0.25, 0.3) is 6.08 Å². The summed E-state index contributed by atoms with van der Waals surface area (Å²) in [7, 11) is 1.51. The molecular weight excluding hydrogens is 383 g/mol. The average Bonchev–Trinajstić information content (AvgIpc) is 2.49. The van der Waals surface area contributed by atoms with Crippen LogP contribution in [0.2, 0.25) is 0 Å². The number of benzene rings is 2. The molecule has 0 unspecified atom stereocenters. The number of hydrogen-bond donors (Lipinski definition) is 2. The molecule has 108 valence electrons. The second-order valence-corrected chi connectivity index (χ2v) is 5.34. The summed E-state index contributed by atoms with van der Waals surface area (Å²) < 4.78 is 5.84. The summed E-state index contributed by atoms with van der Waals surface area (Å²) in [4.78, 5) is 12.0. The number of ether oxygens (including phenoxy) is 1. The molecule has 0 heterocycles. The lowest BCUT2D eigenvalue weighted by Crippen LogP contribution is -1.94. The molecule has 2 aromatic rings. The molecule has 4 nitrogen and oxygen atoms in total. The van der Waals surface area contributed by atoms with Crippen molar-refractivity contribution in [3.8, 4) is 17.2 Å². The minimum absolute atomic E-state index is 0.116. The first kappa shape index (κ1) is 15.4. The van der Waals surface area contributed by atoms with Crippen molar-refractivity contribution in [2.24, 2.45) is 0 Å². The summed E-state index contributed by atoms with van der Waals surface area (Å²) in [6, 6.07) is 9.27. The third-order valence-electron chi connectivity index (χ3n) is 2.88. The van der Waals surface area contributed by atoms with E-state index in [1.165, 1.54) is 25.3 Å². The Balaban J connectivity index is 2.27. The summed E-state index contributed by atoms with van der Waals surface area (Å²) in [5, 5.41) is 18.8. The van der Waals surface area contributed by atoms with Crippen LogP contribution in [-0.4, -0.2) is 23.1 Å². The molecule has 0 radical (unpaired) electrons. The Bertz CT molecular complexity index is 690. The topological polar surface area (TPSA) is 66.8 Å². The van der Waals surface area contributed by atoms with E-state index in [0.717, 1.165) is 0 Å². The maximum atomic E-state index is 12.0. The molecule has 0 aliphatic rings. The van der Waals surface area contributed by atoms with Gasteiger partial charge in [0.2, 0.25) is 0 Å². The van der Waals surface area contributed by atoms with Crippen molar-refractivity contribution in [3.63, 3.8) is 0 Å². The number of halogens is 1. The number of allylic oxidation sites excluding steroid dienone is 1. The van der Waals surface area contributed by atoms with Gasteiger partial charge in [-0.25, -0.2) is 0 Å². The van der Waals surface area contributed by atoms with E-state index in [4.69, 9.17) is 4.74 Å². The monoisotopic (exact) mass is 396 g/mol. The van der Waals surface area contributed by atoms with Crippen LogP contribution in [0.15, 0.2) is 42.5 Å². The molecule has 2 rings (SSSR count). The van der Waals surface area contributed by atoms with Crippen molar-refractivity contribution in [2.75, 3.05) is 7.11 Å². The Kier molecular flexibility index (Phi) is 4.85. The molecule has 2 N–H and O–H groups in total. The predicted molar refractivity (Wildman–Crippen MR) is 88.8 cm³/mol. The number of carbonyl (C=O) groups excluding carboxylic acids is 1. The molecule has 0 aliphatic carbocycles. The second-order valence-electron chi connectivity index (χ2n) is 4.27. The van der Waals surface area contributed by atoms with Gasteiger partial charge in [0.15, 0.2) is 5.78 Å². The van der Waals surface area contributed by atoms with Gasteiger partial charge in [-0.3, -0.25) is 4.79 Å². The molecule has 0 aromatic heterocycles. The van der Waals surface area contributed by atoms with Crippen LogP contribution >= 0.6 is 22.6 Å². The van der Waals surface area contributed by atoms with Crippen molar-refractivity contribution in [1.82, 2.24) is 0 Å². The smallest absolute Gasteiger partial charge is 0.185 e. The molecule has 0 spiro atoms. The van der Waals surface area contributed by atoms with Gasteiger partial charge in [-0.1, -0.05) is 0 Å². The van der Waals surface area contributed by atoms with E-state index in [1.807, 2.05) is 22.6 Å². The maximum absolute atomic E-state index is 12.0. The zero-order valence-corrected chi connectivity index (χ0v) is 13.4. The van der Waals surface area contributed by atoms with Crippen LogP contribution in [0.5, 0.6) is 17.2 Å². The van der Waals surface area contributed by atoms with Gasteiger partial charge in [0.1, 0.15) is 17.2 Å². The zero-order valence-electron chi connectivity index (χ0n) is 11.2. The number of carbonyl (C=O) groups is 1. The molecule has 2 aromatic carbocycles. The zero-order chi connectivity index (χ0) is 15.4. The van der Waals surface area contributed by atoms with Gasteiger partial charge >= 0.3 is 0 Å². The molecule has 0 saturated carbocycles. The van der Waals surface area contributed by atoms with Gasteiger partial charge in [0.25, 0.3) is 0 Å². The molecule has 21 heavy (non-hydrogen) atoms. The third-order valence-corrected chi connectivity index (χ3v) is 3.92. The number of rotatable bonds is 4. The first-order valence-corrected chi connectivity index (χ1v) is 7.17. The number of phenolic OH excluding ortho intramolecular Hbond substituents is 2. The van der Waals surface area contributed by atoms with Gasteiger partial charge in [0, 0.05) is 11.1 Å². The first-order valence-electron chi connectivity index (χ1n) is 6.10. The number of hydrogen-bond acceptors (Lipinski definition) is 4. The fourth-order valence-corrected chi connectivity index (χ4v) is 2.50. The van der Waals surface area contributed by atoms with E-state index in [9.17, 15) is 15.0 Å². The summed E-state index contributed by atoms with van der Waals surface area (Å²) >= 11 is 1.98. The van der Waals surface area contributed by atoms with Gasteiger partial charge in [0.05, 0.1) is 10.7 Å². The van der Waals surface area contributed by atoms with E-state index in [0.29, 0.717) is 20.4 Å². The van der Waals surface area contributed by atoms with Crippen LogP contribution in [0.1, 0.15) is 15.9 Å². The van der Waals surface area contributed by atoms with E-state index in [1.54, 1.807) is 30.3 Å². The van der Waals surface area contributed by atoms with Crippen molar-refractivity contribution in [3.05, 3.63) is 57.2 Å². The molecule has 0 amide bonds. The van der Waals surface area contributed by atoms with E-state index < -0.39 is 0 Å². The summed E-state index contributed by atoms with van der Waals surface area (Å²) in [5.74, 6) is 0.588. The van der Waals surface area contributed by atoms with Crippen molar-refractivity contribution in [1.29, 1.82) is 0 Å². The van der Waals surface area contributed by atoms with Crippen molar-refractivity contribution >= 4 is 34.5 Å². The van der Waals surface area contributed by atoms with Crippen LogP contribution in [0.3, 0.4) is 0 Å². The molecule has 0 bridgehead atoms. The number of ketones is 1. The van der Waals surface area contributed by atoms with Crippen LogP contribution < -0.4 is 4.74 Å². The minimum Gasteiger partial charge on any atom is -0.508 e. The Morgan fingerprint density at radius 3 is 2.43 bits per heavy atom. The van der Waals surface area contributed by atoms with E-state index >= 15 is 0 Å². The fraction of sp³-hybridized carbons (Fsp3) is 0.0625. The van der Waals surface area contributed by atoms with Gasteiger partial charge in [-0.2, -0.15) is 0 Å². The predicted octanol–water partition coefficient (Wildman–Crippen LogP) is 3.61. The number of phenols is 2. The Labute approximate surface area is 135 Å². The van der Waals surface area contributed by atoms with Gasteiger partial charge in [-0.15, -0.1) is 0 Å². The normalized spacial score (nSPS) is 10.8. The number of methoxy groups -OCH3 is 1. The lowest BCUT2D eigenvalue weighted by Gasteiger charge is -2.08. The highest BCUT2D eigenvalue weighted by atomic mass is 127. The molecule has 0 saturated heterocycles. The fourth-order valence-electron chi connectivity index (χ4n) is 1.79. The molecular formula is C16H13IO4. The quantitative estimate of drug-likeness (QED) is 0.471. The highest BCUT2D eigenvalue weighted by Gasteiger charge is 2.10. The highest BCUT2D eigenvalue weighted by Crippen LogP contribution is 2.33. The second kappa shape index (κ2) is 6.62.